The molecule has 0 saturated carbocycles. The molecule has 1 N–H and O–H groups in total. The Bertz CT molecular complexity index is 711. The minimum absolute atomic E-state index is 0.0113. The van der Waals surface area contributed by atoms with Gasteiger partial charge in [-0.3, -0.25) is 4.79 Å². The average molecular weight is 332 g/mol. The maximum absolute atomic E-state index is 11.8. The Balaban J connectivity index is 2.29. The predicted molar refractivity (Wildman–Crippen MR) is 88.5 cm³/mol. The lowest BCUT2D eigenvalue weighted by Crippen LogP contribution is -2.33. The van der Waals surface area contributed by atoms with Crippen LogP contribution in [0.15, 0.2) is 30.0 Å². The molecule has 0 aromatic heterocycles. The van der Waals surface area contributed by atoms with Gasteiger partial charge in [0.2, 0.25) is 5.91 Å². The number of carbonyl (C=O) groups is 3. The minimum Gasteiger partial charge on any atom is -0.466 e. The fraction of sp³-hybridized carbons (Fsp3) is 0.353. The third kappa shape index (κ3) is 3.56. The first kappa shape index (κ1) is 17.5. The molecule has 0 fully saturated rings. The number of anilines is 2. The monoisotopic (exact) mass is 332 g/mol. The Kier molecular flexibility index (Phi) is 5.23. The van der Waals surface area contributed by atoms with Crippen molar-refractivity contribution in [2.45, 2.75) is 26.3 Å². The molecule has 1 aromatic rings. The molecule has 1 aliphatic rings. The fourth-order valence-corrected chi connectivity index (χ4v) is 2.78. The van der Waals surface area contributed by atoms with E-state index in [1.54, 1.807) is 11.0 Å². The number of esters is 2. The molecule has 7 nitrogen and oxygen atoms in total. The van der Waals surface area contributed by atoms with Gasteiger partial charge in [0.05, 0.1) is 20.3 Å². The van der Waals surface area contributed by atoms with Gasteiger partial charge in [-0.1, -0.05) is 0 Å². The van der Waals surface area contributed by atoms with Crippen LogP contribution in [0.1, 0.15) is 19.4 Å². The zero-order valence-electron chi connectivity index (χ0n) is 14.1. The van der Waals surface area contributed by atoms with Crippen LogP contribution >= 0.6 is 0 Å². The minimum atomic E-state index is -0.681. The van der Waals surface area contributed by atoms with Crippen LogP contribution < -0.4 is 10.2 Å². The molecule has 7 heteroatoms. The van der Waals surface area contributed by atoms with E-state index in [1.807, 2.05) is 19.1 Å². The molecule has 1 atom stereocenters. The molecule has 0 aliphatic carbocycles. The quantitative estimate of drug-likeness (QED) is 0.666. The molecule has 24 heavy (non-hydrogen) atoms. The SMILES string of the molecule is COC(=O)/C=C(/Nc1ccc2c(c1)CC(C)N2C(C)=O)C(=O)OC. The van der Waals surface area contributed by atoms with Crippen LogP contribution in [0, 0.1) is 0 Å². The largest absolute Gasteiger partial charge is 0.466 e. The summed E-state index contributed by atoms with van der Waals surface area (Å²) in [7, 11) is 2.45. The van der Waals surface area contributed by atoms with Gasteiger partial charge in [0.25, 0.3) is 0 Å². The summed E-state index contributed by atoms with van der Waals surface area (Å²) in [6, 6.07) is 5.48. The molecule has 1 heterocycles. The normalized spacial score (nSPS) is 16.4. The predicted octanol–water partition coefficient (Wildman–Crippen LogP) is 1.63. The fourth-order valence-electron chi connectivity index (χ4n) is 2.78. The van der Waals surface area contributed by atoms with Gasteiger partial charge < -0.3 is 19.7 Å². The van der Waals surface area contributed by atoms with E-state index in [-0.39, 0.29) is 17.6 Å². The van der Waals surface area contributed by atoms with Crippen LogP contribution in [0.4, 0.5) is 11.4 Å². The van der Waals surface area contributed by atoms with Gasteiger partial charge in [-0.15, -0.1) is 0 Å². The Morgan fingerprint density at radius 3 is 2.54 bits per heavy atom. The average Bonchev–Trinajstić information content (AvgIpc) is 2.88. The molecule has 0 bridgehead atoms. The maximum Gasteiger partial charge on any atom is 0.354 e. The third-order valence-corrected chi connectivity index (χ3v) is 3.78. The summed E-state index contributed by atoms with van der Waals surface area (Å²) in [5.41, 5.74) is 2.44. The second-order valence-electron chi connectivity index (χ2n) is 5.48. The van der Waals surface area contributed by atoms with Gasteiger partial charge in [0, 0.05) is 24.3 Å². The number of hydrogen-bond acceptors (Lipinski definition) is 6. The van der Waals surface area contributed by atoms with Crippen molar-refractivity contribution < 1.29 is 23.9 Å². The molecular weight excluding hydrogens is 312 g/mol. The summed E-state index contributed by atoms with van der Waals surface area (Å²) in [6.45, 7) is 3.51. The van der Waals surface area contributed by atoms with Crippen molar-refractivity contribution in [2.75, 3.05) is 24.4 Å². The molecule has 2 rings (SSSR count). The lowest BCUT2D eigenvalue weighted by atomic mass is 10.1. The number of methoxy groups -OCH3 is 2. The first-order valence-electron chi connectivity index (χ1n) is 7.45. The van der Waals surface area contributed by atoms with E-state index in [2.05, 4.69) is 14.8 Å². The van der Waals surface area contributed by atoms with E-state index in [0.29, 0.717) is 5.69 Å². The van der Waals surface area contributed by atoms with E-state index in [0.717, 1.165) is 23.7 Å². The Morgan fingerprint density at radius 2 is 1.96 bits per heavy atom. The standard InChI is InChI=1S/C17H20N2O5/c1-10-7-12-8-13(5-6-15(12)19(10)11(2)20)18-14(17(22)24-4)9-16(21)23-3/h5-6,8-10,18H,7H2,1-4H3/b14-9+. The topological polar surface area (TPSA) is 84.9 Å². The number of fused-ring (bicyclic) bond motifs is 1. The summed E-state index contributed by atoms with van der Waals surface area (Å²) in [4.78, 5) is 36.7. The van der Waals surface area contributed by atoms with Crippen LogP contribution in [0.2, 0.25) is 0 Å². The van der Waals surface area contributed by atoms with Crippen LogP contribution in [-0.2, 0) is 30.3 Å². The summed E-state index contributed by atoms with van der Waals surface area (Å²) in [6.07, 6.45) is 1.75. The van der Waals surface area contributed by atoms with Crippen molar-refractivity contribution in [1.29, 1.82) is 0 Å². The highest BCUT2D eigenvalue weighted by Gasteiger charge is 2.29. The zero-order chi connectivity index (χ0) is 17.9. The maximum atomic E-state index is 11.8. The lowest BCUT2D eigenvalue weighted by molar-refractivity contribution is -0.138. The van der Waals surface area contributed by atoms with Gasteiger partial charge in [0.1, 0.15) is 5.70 Å². The summed E-state index contributed by atoms with van der Waals surface area (Å²) < 4.78 is 9.19. The van der Waals surface area contributed by atoms with Crippen molar-refractivity contribution >= 4 is 29.2 Å². The van der Waals surface area contributed by atoms with E-state index in [9.17, 15) is 14.4 Å². The third-order valence-electron chi connectivity index (χ3n) is 3.78. The number of carbonyl (C=O) groups excluding carboxylic acids is 3. The number of amides is 1. The number of benzene rings is 1. The van der Waals surface area contributed by atoms with Gasteiger partial charge >= 0.3 is 11.9 Å². The van der Waals surface area contributed by atoms with E-state index < -0.39 is 11.9 Å². The number of nitrogens with zero attached hydrogens (tertiary/aromatic N) is 1. The van der Waals surface area contributed by atoms with Crippen molar-refractivity contribution in [1.82, 2.24) is 0 Å². The molecule has 0 spiro atoms. The van der Waals surface area contributed by atoms with Crippen LogP contribution in [0.3, 0.4) is 0 Å². The molecule has 1 amide bonds. The molecule has 0 saturated heterocycles. The Hall–Kier alpha value is -2.83. The van der Waals surface area contributed by atoms with E-state index >= 15 is 0 Å². The second-order valence-corrected chi connectivity index (χ2v) is 5.48. The molecule has 0 radical (unpaired) electrons. The number of hydrogen-bond donors (Lipinski definition) is 1. The molecular formula is C17H20N2O5. The van der Waals surface area contributed by atoms with Gasteiger partial charge in [-0.25, -0.2) is 9.59 Å². The molecule has 1 aliphatic heterocycles. The molecule has 1 unspecified atom stereocenters. The van der Waals surface area contributed by atoms with Crippen molar-refractivity contribution in [3.8, 4) is 0 Å². The first-order valence-corrected chi connectivity index (χ1v) is 7.45. The highest BCUT2D eigenvalue weighted by atomic mass is 16.5. The highest BCUT2D eigenvalue weighted by Crippen LogP contribution is 2.34. The summed E-state index contributed by atoms with van der Waals surface area (Å²) in [5, 5.41) is 2.87. The van der Waals surface area contributed by atoms with Gasteiger partial charge in [-0.2, -0.15) is 0 Å². The Labute approximate surface area is 140 Å². The van der Waals surface area contributed by atoms with Crippen molar-refractivity contribution in [2.24, 2.45) is 0 Å². The van der Waals surface area contributed by atoms with Gasteiger partial charge in [-0.05, 0) is 37.1 Å². The van der Waals surface area contributed by atoms with Crippen LogP contribution in [0.5, 0.6) is 0 Å². The van der Waals surface area contributed by atoms with Gasteiger partial charge in [0.15, 0.2) is 0 Å². The first-order chi connectivity index (χ1) is 11.4. The summed E-state index contributed by atoms with van der Waals surface area (Å²) in [5.74, 6) is -1.36. The van der Waals surface area contributed by atoms with Crippen molar-refractivity contribution in [3.05, 3.63) is 35.5 Å². The van der Waals surface area contributed by atoms with Crippen LogP contribution in [0.25, 0.3) is 0 Å². The number of rotatable bonds is 4. The number of nitrogens with one attached hydrogen (secondary N) is 1. The van der Waals surface area contributed by atoms with Crippen LogP contribution in [-0.4, -0.2) is 38.1 Å². The molecule has 128 valence electrons. The lowest BCUT2D eigenvalue weighted by Gasteiger charge is -2.20. The Morgan fingerprint density at radius 1 is 1.25 bits per heavy atom. The zero-order valence-corrected chi connectivity index (χ0v) is 14.1. The van der Waals surface area contributed by atoms with Crippen molar-refractivity contribution in [3.63, 3.8) is 0 Å². The molecule has 1 aromatic carbocycles. The second kappa shape index (κ2) is 7.16. The highest BCUT2D eigenvalue weighted by molar-refractivity contribution is 5.99. The summed E-state index contributed by atoms with van der Waals surface area (Å²) >= 11 is 0. The van der Waals surface area contributed by atoms with E-state index in [1.165, 1.54) is 21.1 Å². The number of ether oxygens (including phenoxy) is 2. The smallest absolute Gasteiger partial charge is 0.354 e. The van der Waals surface area contributed by atoms with E-state index in [4.69, 9.17) is 0 Å².